The molecule has 0 aliphatic heterocycles. The highest BCUT2D eigenvalue weighted by Gasteiger charge is 2.30. The summed E-state index contributed by atoms with van der Waals surface area (Å²) in [6, 6.07) is 8.36. The van der Waals surface area contributed by atoms with Crippen molar-refractivity contribution >= 4 is 27.5 Å². The number of nitrogens with zero attached hydrogens (tertiary/aromatic N) is 2. The SMILES string of the molecule is CCN(CC)S(=O)(=O)c1ccc(Cl)c(C(=O)N(C)Cc2ccc(C(F)(F)F)cc2)c1. The summed E-state index contributed by atoms with van der Waals surface area (Å²) in [5.41, 5.74) is -0.293. The largest absolute Gasteiger partial charge is 0.416 e. The molecular weight excluding hydrogens is 441 g/mol. The van der Waals surface area contributed by atoms with Gasteiger partial charge in [-0.1, -0.05) is 37.6 Å². The van der Waals surface area contributed by atoms with E-state index in [9.17, 15) is 26.4 Å². The number of sulfonamides is 1. The number of hydrogen-bond acceptors (Lipinski definition) is 3. The number of halogens is 4. The smallest absolute Gasteiger partial charge is 0.337 e. The van der Waals surface area contributed by atoms with Crippen molar-refractivity contribution in [3.8, 4) is 0 Å². The highest BCUT2D eigenvalue weighted by atomic mass is 35.5. The molecule has 10 heteroatoms. The summed E-state index contributed by atoms with van der Waals surface area (Å²) < 4.78 is 64.8. The van der Waals surface area contributed by atoms with E-state index in [1.54, 1.807) is 13.8 Å². The van der Waals surface area contributed by atoms with Crippen LogP contribution in [0.1, 0.15) is 35.3 Å². The minimum atomic E-state index is -4.44. The fraction of sp³-hybridized carbons (Fsp3) is 0.350. The third-order valence-corrected chi connectivity index (χ3v) is 6.93. The fourth-order valence-electron chi connectivity index (χ4n) is 2.89. The van der Waals surface area contributed by atoms with Gasteiger partial charge in [-0.05, 0) is 35.9 Å². The van der Waals surface area contributed by atoms with Crippen LogP contribution in [-0.4, -0.2) is 43.7 Å². The molecule has 0 radical (unpaired) electrons. The zero-order valence-corrected chi connectivity index (χ0v) is 18.3. The molecule has 0 atom stereocenters. The first kappa shape index (κ1) is 24.2. The van der Waals surface area contributed by atoms with Crippen LogP contribution in [-0.2, 0) is 22.7 Å². The summed E-state index contributed by atoms with van der Waals surface area (Å²) in [6.07, 6.45) is -4.44. The predicted molar refractivity (Wildman–Crippen MR) is 109 cm³/mol. The molecule has 0 saturated carbocycles. The van der Waals surface area contributed by atoms with Crippen LogP contribution in [0.3, 0.4) is 0 Å². The Balaban J connectivity index is 2.27. The molecule has 0 aromatic heterocycles. The lowest BCUT2D eigenvalue weighted by Gasteiger charge is -2.21. The number of amides is 1. The zero-order chi connectivity index (χ0) is 22.7. The quantitative estimate of drug-likeness (QED) is 0.601. The van der Waals surface area contributed by atoms with Gasteiger partial charge in [-0.2, -0.15) is 17.5 Å². The number of carbonyl (C=O) groups is 1. The highest BCUT2D eigenvalue weighted by molar-refractivity contribution is 7.89. The molecule has 2 rings (SSSR count). The second kappa shape index (κ2) is 9.36. The lowest BCUT2D eigenvalue weighted by Crippen LogP contribution is -2.31. The lowest BCUT2D eigenvalue weighted by molar-refractivity contribution is -0.137. The van der Waals surface area contributed by atoms with E-state index in [4.69, 9.17) is 11.6 Å². The lowest BCUT2D eigenvalue weighted by atomic mass is 10.1. The third-order valence-electron chi connectivity index (χ3n) is 4.56. The Morgan fingerprint density at radius 2 is 1.60 bits per heavy atom. The van der Waals surface area contributed by atoms with Gasteiger partial charge >= 0.3 is 6.18 Å². The minimum Gasteiger partial charge on any atom is -0.337 e. The molecule has 0 fully saturated rings. The zero-order valence-electron chi connectivity index (χ0n) is 16.7. The Kier molecular flexibility index (Phi) is 7.54. The highest BCUT2D eigenvalue weighted by Crippen LogP contribution is 2.29. The van der Waals surface area contributed by atoms with Crippen molar-refractivity contribution in [3.05, 3.63) is 64.2 Å². The van der Waals surface area contributed by atoms with Gasteiger partial charge in [0.1, 0.15) is 0 Å². The normalized spacial score (nSPS) is 12.3. The molecule has 1 amide bonds. The van der Waals surface area contributed by atoms with Crippen LogP contribution in [0.4, 0.5) is 13.2 Å². The van der Waals surface area contributed by atoms with Crippen molar-refractivity contribution in [2.45, 2.75) is 31.5 Å². The van der Waals surface area contributed by atoms with Crippen molar-refractivity contribution in [1.29, 1.82) is 0 Å². The maximum atomic E-state index is 12.8. The average molecular weight is 463 g/mol. The predicted octanol–water partition coefficient (Wildman–Crippen LogP) is 4.66. The van der Waals surface area contributed by atoms with Crippen molar-refractivity contribution < 1.29 is 26.4 Å². The molecule has 30 heavy (non-hydrogen) atoms. The van der Waals surface area contributed by atoms with E-state index >= 15 is 0 Å². The van der Waals surface area contributed by atoms with Gasteiger partial charge in [0.25, 0.3) is 5.91 Å². The summed E-state index contributed by atoms with van der Waals surface area (Å²) in [6.45, 7) is 4.00. The maximum Gasteiger partial charge on any atom is 0.416 e. The first-order valence-corrected chi connectivity index (χ1v) is 10.9. The number of hydrogen-bond donors (Lipinski definition) is 0. The van der Waals surface area contributed by atoms with Crippen LogP contribution in [0.15, 0.2) is 47.4 Å². The third kappa shape index (κ3) is 5.33. The van der Waals surface area contributed by atoms with Crippen LogP contribution in [0.5, 0.6) is 0 Å². The Morgan fingerprint density at radius 1 is 1.03 bits per heavy atom. The fourth-order valence-corrected chi connectivity index (χ4v) is 4.57. The Bertz CT molecular complexity index is 1000. The number of carbonyl (C=O) groups excluding carboxylic acids is 1. The van der Waals surface area contributed by atoms with Crippen LogP contribution in [0, 0.1) is 0 Å². The van der Waals surface area contributed by atoms with Crippen molar-refractivity contribution in [1.82, 2.24) is 9.21 Å². The Morgan fingerprint density at radius 3 is 2.10 bits per heavy atom. The summed E-state index contributed by atoms with van der Waals surface area (Å²) in [7, 11) is -2.32. The van der Waals surface area contributed by atoms with Gasteiger partial charge in [0, 0.05) is 26.7 Å². The standard InChI is InChI=1S/C20H22ClF3N2O3S/c1-4-26(5-2)30(28,29)16-10-11-18(21)17(12-16)19(27)25(3)13-14-6-8-15(9-7-14)20(22,23)24/h6-12H,4-5,13H2,1-3H3. The van der Waals surface area contributed by atoms with E-state index in [0.717, 1.165) is 12.1 Å². The topological polar surface area (TPSA) is 57.7 Å². The monoisotopic (exact) mass is 462 g/mol. The molecule has 0 aliphatic rings. The molecule has 2 aromatic rings. The van der Waals surface area contributed by atoms with Gasteiger partial charge in [0.05, 0.1) is 21.0 Å². The number of rotatable bonds is 7. The van der Waals surface area contributed by atoms with Crippen LogP contribution in [0.25, 0.3) is 0 Å². The Labute approximate surface area is 179 Å². The molecule has 0 spiro atoms. The van der Waals surface area contributed by atoms with E-state index in [0.29, 0.717) is 5.56 Å². The second-order valence-corrected chi connectivity index (χ2v) is 8.93. The van der Waals surface area contributed by atoms with Gasteiger partial charge in [0.15, 0.2) is 0 Å². The van der Waals surface area contributed by atoms with Gasteiger partial charge in [-0.25, -0.2) is 8.42 Å². The van der Waals surface area contributed by atoms with E-state index in [-0.39, 0.29) is 35.1 Å². The molecule has 2 aromatic carbocycles. The van der Waals surface area contributed by atoms with Gasteiger partial charge in [0.2, 0.25) is 10.0 Å². The van der Waals surface area contributed by atoms with E-state index in [1.807, 2.05) is 0 Å². The molecule has 0 unspecified atom stereocenters. The van der Waals surface area contributed by atoms with Crippen LogP contribution < -0.4 is 0 Å². The van der Waals surface area contributed by atoms with Gasteiger partial charge in [-0.15, -0.1) is 0 Å². The van der Waals surface area contributed by atoms with Crippen molar-refractivity contribution in [2.24, 2.45) is 0 Å². The maximum absolute atomic E-state index is 12.8. The molecule has 0 saturated heterocycles. The van der Waals surface area contributed by atoms with Gasteiger partial charge < -0.3 is 4.90 Å². The van der Waals surface area contributed by atoms with E-state index in [2.05, 4.69) is 0 Å². The molecule has 0 bridgehead atoms. The Hall–Kier alpha value is -2.10. The average Bonchev–Trinajstić information content (AvgIpc) is 2.68. The van der Waals surface area contributed by atoms with Crippen LogP contribution in [0.2, 0.25) is 5.02 Å². The summed E-state index contributed by atoms with van der Waals surface area (Å²) in [4.78, 5) is 14.0. The minimum absolute atomic E-state index is 0.000639. The summed E-state index contributed by atoms with van der Waals surface area (Å²) >= 11 is 6.13. The molecule has 0 aliphatic carbocycles. The summed E-state index contributed by atoms with van der Waals surface area (Å²) in [5, 5.41) is 0.0813. The van der Waals surface area contributed by atoms with Crippen LogP contribution >= 0.6 is 11.6 Å². The molecule has 0 N–H and O–H groups in total. The molecular formula is C20H22ClF3N2O3S. The van der Waals surface area contributed by atoms with E-state index < -0.39 is 27.7 Å². The number of benzene rings is 2. The first-order valence-electron chi connectivity index (χ1n) is 9.13. The van der Waals surface area contributed by atoms with Crippen molar-refractivity contribution in [2.75, 3.05) is 20.1 Å². The number of alkyl halides is 3. The summed E-state index contributed by atoms with van der Waals surface area (Å²) in [5.74, 6) is -0.545. The van der Waals surface area contributed by atoms with Crippen molar-refractivity contribution in [3.63, 3.8) is 0 Å². The molecule has 5 nitrogen and oxygen atoms in total. The molecule has 0 heterocycles. The second-order valence-electron chi connectivity index (χ2n) is 6.59. The van der Waals surface area contributed by atoms with E-state index in [1.165, 1.54) is 46.6 Å². The van der Waals surface area contributed by atoms with Gasteiger partial charge in [-0.3, -0.25) is 4.79 Å². The first-order chi connectivity index (χ1) is 13.9. The molecule has 164 valence electrons.